The number of thiazole rings is 1. The highest BCUT2D eigenvalue weighted by Crippen LogP contribution is 2.28. The first-order valence-electron chi connectivity index (χ1n) is 4.97. The maximum Gasteiger partial charge on any atom is 0.190 e. The minimum absolute atomic E-state index is 0.223. The van der Waals surface area contributed by atoms with Crippen molar-refractivity contribution >= 4 is 22.2 Å². The summed E-state index contributed by atoms with van der Waals surface area (Å²) in [6.07, 6.45) is 1.53. The molecule has 0 radical (unpaired) electrons. The van der Waals surface area contributed by atoms with E-state index in [1.165, 1.54) is 23.6 Å². The van der Waals surface area contributed by atoms with Crippen LogP contribution in [0.1, 0.15) is 10.4 Å². The minimum atomic E-state index is -0.223. The maximum atomic E-state index is 13.1. The Hall–Kier alpha value is -1.93. The zero-order valence-electron chi connectivity index (χ0n) is 9.44. The number of rotatable bonds is 2. The van der Waals surface area contributed by atoms with Crippen molar-refractivity contribution < 1.29 is 4.39 Å². The van der Waals surface area contributed by atoms with Crippen LogP contribution in [-0.2, 0) is 0 Å². The quantitative estimate of drug-likeness (QED) is 0.818. The van der Waals surface area contributed by atoms with Crippen molar-refractivity contribution in [1.29, 1.82) is 5.26 Å². The van der Waals surface area contributed by atoms with E-state index in [1.54, 1.807) is 19.1 Å². The highest BCUT2D eigenvalue weighted by atomic mass is 32.1. The molecule has 5 heteroatoms. The fourth-order valence-electron chi connectivity index (χ4n) is 1.42. The van der Waals surface area contributed by atoms with Gasteiger partial charge in [-0.25, -0.2) is 9.37 Å². The Kier molecular flexibility index (Phi) is 3.07. The summed E-state index contributed by atoms with van der Waals surface area (Å²) in [4.78, 5) is 6.54. The molecule has 0 N–H and O–H groups in total. The van der Waals surface area contributed by atoms with Crippen LogP contribution in [0, 0.1) is 24.1 Å². The molecule has 2 rings (SSSR count). The van der Waals surface area contributed by atoms with Crippen LogP contribution in [0.2, 0.25) is 0 Å². The lowest BCUT2D eigenvalue weighted by Crippen LogP contribution is -2.09. The van der Waals surface area contributed by atoms with Crippen molar-refractivity contribution in [3.05, 3.63) is 40.7 Å². The SMILES string of the molecule is Cc1cc(N(C)c2ncc(C#N)s2)ccc1F. The van der Waals surface area contributed by atoms with Gasteiger partial charge in [0, 0.05) is 12.7 Å². The van der Waals surface area contributed by atoms with Gasteiger partial charge >= 0.3 is 0 Å². The predicted octanol–water partition coefficient (Wildman–Crippen LogP) is 3.23. The molecule has 0 aliphatic carbocycles. The van der Waals surface area contributed by atoms with Crippen LogP contribution in [0.3, 0.4) is 0 Å². The fourth-order valence-corrected chi connectivity index (χ4v) is 2.12. The van der Waals surface area contributed by atoms with Crippen LogP contribution >= 0.6 is 11.3 Å². The molecule has 0 saturated heterocycles. The second-order valence-electron chi connectivity index (χ2n) is 3.61. The van der Waals surface area contributed by atoms with E-state index in [4.69, 9.17) is 5.26 Å². The number of benzene rings is 1. The van der Waals surface area contributed by atoms with Crippen molar-refractivity contribution in [2.75, 3.05) is 11.9 Å². The number of anilines is 2. The van der Waals surface area contributed by atoms with Crippen molar-refractivity contribution in [2.45, 2.75) is 6.92 Å². The molecule has 0 bridgehead atoms. The summed E-state index contributed by atoms with van der Waals surface area (Å²) in [7, 11) is 1.84. The number of hydrogen-bond acceptors (Lipinski definition) is 4. The molecule has 0 amide bonds. The number of aryl methyl sites for hydroxylation is 1. The molecule has 2 aromatic rings. The van der Waals surface area contributed by atoms with Crippen LogP contribution in [0.15, 0.2) is 24.4 Å². The van der Waals surface area contributed by atoms with Gasteiger partial charge in [-0.3, -0.25) is 0 Å². The topological polar surface area (TPSA) is 39.9 Å². The molecule has 0 atom stereocenters. The first-order valence-corrected chi connectivity index (χ1v) is 5.79. The molecular weight excluding hydrogens is 237 g/mol. The third-order valence-corrected chi connectivity index (χ3v) is 3.40. The van der Waals surface area contributed by atoms with Crippen molar-refractivity contribution in [2.24, 2.45) is 0 Å². The zero-order valence-corrected chi connectivity index (χ0v) is 10.3. The molecule has 1 heterocycles. The Morgan fingerprint density at radius 2 is 2.24 bits per heavy atom. The number of nitriles is 1. The van der Waals surface area contributed by atoms with E-state index in [9.17, 15) is 4.39 Å². The smallest absolute Gasteiger partial charge is 0.190 e. The largest absolute Gasteiger partial charge is 0.321 e. The van der Waals surface area contributed by atoms with E-state index in [0.29, 0.717) is 15.6 Å². The summed E-state index contributed by atoms with van der Waals surface area (Å²) >= 11 is 1.31. The summed E-state index contributed by atoms with van der Waals surface area (Å²) in [6, 6.07) is 6.92. The molecule has 86 valence electrons. The first kappa shape index (κ1) is 11.6. The van der Waals surface area contributed by atoms with E-state index >= 15 is 0 Å². The lowest BCUT2D eigenvalue weighted by atomic mass is 10.2. The van der Waals surface area contributed by atoms with E-state index in [0.717, 1.165) is 5.69 Å². The first-order chi connectivity index (χ1) is 8.11. The van der Waals surface area contributed by atoms with Crippen LogP contribution < -0.4 is 4.90 Å². The Labute approximate surface area is 103 Å². The Balaban J connectivity index is 2.33. The van der Waals surface area contributed by atoms with Crippen LogP contribution in [0.5, 0.6) is 0 Å². The average Bonchev–Trinajstić information content (AvgIpc) is 2.80. The van der Waals surface area contributed by atoms with E-state index < -0.39 is 0 Å². The van der Waals surface area contributed by atoms with E-state index in [2.05, 4.69) is 4.98 Å². The van der Waals surface area contributed by atoms with Gasteiger partial charge in [0.1, 0.15) is 16.8 Å². The second kappa shape index (κ2) is 4.52. The van der Waals surface area contributed by atoms with Gasteiger partial charge in [-0.2, -0.15) is 5.26 Å². The standard InChI is InChI=1S/C12H10FN3S/c1-8-5-9(3-4-11(8)13)16(2)12-15-7-10(6-14)17-12/h3-5,7H,1-2H3. The molecule has 17 heavy (non-hydrogen) atoms. The molecule has 1 aromatic carbocycles. The fraction of sp³-hybridized carbons (Fsp3) is 0.167. The second-order valence-corrected chi connectivity index (χ2v) is 4.62. The molecular formula is C12H10FN3S. The molecule has 0 aliphatic rings. The van der Waals surface area contributed by atoms with Crippen molar-refractivity contribution in [3.63, 3.8) is 0 Å². The monoisotopic (exact) mass is 247 g/mol. The Morgan fingerprint density at radius 1 is 1.47 bits per heavy atom. The summed E-state index contributed by atoms with van der Waals surface area (Å²) in [5, 5.41) is 9.45. The average molecular weight is 247 g/mol. The summed E-state index contributed by atoms with van der Waals surface area (Å²) in [5.74, 6) is -0.223. The molecule has 3 nitrogen and oxygen atoms in total. The molecule has 0 unspecified atom stereocenters. The molecule has 1 aromatic heterocycles. The van der Waals surface area contributed by atoms with Gasteiger partial charge in [-0.1, -0.05) is 11.3 Å². The van der Waals surface area contributed by atoms with E-state index in [1.807, 2.05) is 18.0 Å². The third kappa shape index (κ3) is 2.27. The lowest BCUT2D eigenvalue weighted by molar-refractivity contribution is 0.618. The molecule has 0 aliphatic heterocycles. The molecule has 0 saturated carbocycles. The van der Waals surface area contributed by atoms with Gasteiger partial charge in [-0.15, -0.1) is 0 Å². The minimum Gasteiger partial charge on any atom is -0.321 e. The van der Waals surface area contributed by atoms with Gasteiger partial charge in [0.2, 0.25) is 0 Å². The zero-order chi connectivity index (χ0) is 12.4. The van der Waals surface area contributed by atoms with Crippen LogP contribution in [0.4, 0.5) is 15.2 Å². The van der Waals surface area contributed by atoms with Gasteiger partial charge in [0.25, 0.3) is 0 Å². The summed E-state index contributed by atoms with van der Waals surface area (Å²) < 4.78 is 13.1. The van der Waals surface area contributed by atoms with E-state index in [-0.39, 0.29) is 5.82 Å². The Bertz CT molecular complexity index is 586. The number of hydrogen-bond donors (Lipinski definition) is 0. The summed E-state index contributed by atoms with van der Waals surface area (Å²) in [6.45, 7) is 1.72. The highest BCUT2D eigenvalue weighted by molar-refractivity contribution is 7.16. The third-order valence-electron chi connectivity index (χ3n) is 2.42. The van der Waals surface area contributed by atoms with Crippen molar-refractivity contribution in [3.8, 4) is 6.07 Å². The van der Waals surface area contributed by atoms with Gasteiger partial charge in [-0.05, 0) is 30.7 Å². The van der Waals surface area contributed by atoms with Crippen LogP contribution in [-0.4, -0.2) is 12.0 Å². The number of nitrogens with zero attached hydrogens (tertiary/aromatic N) is 3. The van der Waals surface area contributed by atoms with Gasteiger partial charge in [0.05, 0.1) is 6.20 Å². The highest BCUT2D eigenvalue weighted by Gasteiger charge is 2.10. The lowest BCUT2D eigenvalue weighted by Gasteiger charge is -2.16. The maximum absolute atomic E-state index is 13.1. The van der Waals surface area contributed by atoms with Gasteiger partial charge in [0.15, 0.2) is 5.13 Å². The van der Waals surface area contributed by atoms with Gasteiger partial charge < -0.3 is 4.90 Å². The normalized spacial score (nSPS) is 10.0. The van der Waals surface area contributed by atoms with Crippen LogP contribution in [0.25, 0.3) is 0 Å². The van der Waals surface area contributed by atoms with Crippen molar-refractivity contribution in [1.82, 2.24) is 4.98 Å². The molecule has 0 spiro atoms. The summed E-state index contributed by atoms with van der Waals surface area (Å²) in [5.41, 5.74) is 1.44. The predicted molar refractivity (Wildman–Crippen MR) is 66.0 cm³/mol. The molecule has 0 fully saturated rings. The number of halogens is 1. The Morgan fingerprint density at radius 3 is 2.82 bits per heavy atom. The number of aromatic nitrogens is 1.